The van der Waals surface area contributed by atoms with Crippen LogP contribution in [0.2, 0.25) is 0 Å². The average molecular weight is 293 g/mol. The van der Waals surface area contributed by atoms with Crippen molar-refractivity contribution in [2.45, 2.75) is 65.0 Å². The Balaban J connectivity index is 1.98. The molecular weight excluding hydrogens is 266 g/mol. The maximum Gasteiger partial charge on any atom is 0.272 e. The summed E-state index contributed by atoms with van der Waals surface area (Å²) in [5.41, 5.74) is 1.45. The van der Waals surface area contributed by atoms with Crippen LogP contribution >= 0.6 is 0 Å². The molecular formula is C16H27N3O2. The Labute approximate surface area is 126 Å². The standard InChI is InChI=1S/C16H27N3O2/c1-10(2)8-15-12(6-5-7-21-15)17-16(20)14-9-13(11(3)4)18-19-14/h9-12,15H,5-8H2,1-4H3,(H,17,20)(H,18,19)/t12-,15+/m0/s1. The first-order valence-electron chi connectivity index (χ1n) is 7.95. The van der Waals surface area contributed by atoms with Crippen molar-refractivity contribution in [2.24, 2.45) is 5.92 Å². The number of H-pyrrole nitrogens is 1. The number of amides is 1. The van der Waals surface area contributed by atoms with Gasteiger partial charge < -0.3 is 10.1 Å². The first kappa shape index (κ1) is 16.0. The number of hydrogen-bond acceptors (Lipinski definition) is 3. The zero-order valence-corrected chi connectivity index (χ0v) is 13.5. The molecule has 5 nitrogen and oxygen atoms in total. The van der Waals surface area contributed by atoms with Crippen LogP contribution in [-0.4, -0.2) is 34.9 Å². The molecule has 1 amide bonds. The van der Waals surface area contributed by atoms with E-state index in [-0.39, 0.29) is 18.1 Å². The number of aromatic amines is 1. The van der Waals surface area contributed by atoms with E-state index in [2.05, 4.69) is 43.2 Å². The minimum absolute atomic E-state index is 0.0906. The summed E-state index contributed by atoms with van der Waals surface area (Å²) in [7, 11) is 0. The van der Waals surface area contributed by atoms with Gasteiger partial charge in [-0.25, -0.2) is 0 Å². The highest BCUT2D eigenvalue weighted by atomic mass is 16.5. The topological polar surface area (TPSA) is 67.0 Å². The van der Waals surface area contributed by atoms with E-state index in [4.69, 9.17) is 4.74 Å². The zero-order chi connectivity index (χ0) is 15.4. The van der Waals surface area contributed by atoms with Gasteiger partial charge in [0.2, 0.25) is 0 Å². The molecule has 5 heteroatoms. The molecule has 1 aromatic rings. The van der Waals surface area contributed by atoms with E-state index >= 15 is 0 Å². The van der Waals surface area contributed by atoms with Crippen molar-refractivity contribution in [1.82, 2.24) is 15.5 Å². The largest absolute Gasteiger partial charge is 0.376 e. The molecule has 1 saturated heterocycles. The van der Waals surface area contributed by atoms with Crippen LogP contribution in [0.4, 0.5) is 0 Å². The van der Waals surface area contributed by atoms with Crippen molar-refractivity contribution in [2.75, 3.05) is 6.61 Å². The quantitative estimate of drug-likeness (QED) is 0.877. The Bertz CT molecular complexity index is 468. The first-order valence-corrected chi connectivity index (χ1v) is 7.95. The van der Waals surface area contributed by atoms with Gasteiger partial charge in [-0.3, -0.25) is 9.89 Å². The molecule has 0 bridgehead atoms. The number of carbonyl (C=O) groups is 1. The monoisotopic (exact) mass is 293 g/mol. The van der Waals surface area contributed by atoms with Crippen molar-refractivity contribution >= 4 is 5.91 Å². The molecule has 1 aliphatic heterocycles. The zero-order valence-electron chi connectivity index (χ0n) is 13.5. The maximum absolute atomic E-state index is 12.3. The molecule has 1 fully saturated rings. The molecule has 2 rings (SSSR count). The number of carbonyl (C=O) groups excluding carboxylic acids is 1. The van der Waals surface area contributed by atoms with Crippen LogP contribution in [0.1, 0.15) is 69.1 Å². The van der Waals surface area contributed by atoms with Gasteiger partial charge in [-0.1, -0.05) is 27.7 Å². The number of nitrogens with zero attached hydrogens (tertiary/aromatic N) is 1. The number of rotatable bonds is 5. The van der Waals surface area contributed by atoms with Crippen LogP contribution in [0, 0.1) is 5.92 Å². The average Bonchev–Trinajstić information content (AvgIpc) is 2.90. The Morgan fingerprint density at radius 3 is 2.86 bits per heavy atom. The summed E-state index contributed by atoms with van der Waals surface area (Å²) in [6, 6.07) is 1.93. The van der Waals surface area contributed by atoms with Gasteiger partial charge in [0, 0.05) is 12.3 Å². The lowest BCUT2D eigenvalue weighted by atomic mass is 9.94. The van der Waals surface area contributed by atoms with Crippen molar-refractivity contribution in [3.63, 3.8) is 0 Å². The van der Waals surface area contributed by atoms with Gasteiger partial charge in [-0.15, -0.1) is 0 Å². The highest BCUT2D eigenvalue weighted by Gasteiger charge is 2.28. The second-order valence-electron chi connectivity index (χ2n) is 6.62. The third kappa shape index (κ3) is 4.30. The molecule has 1 aliphatic rings. The van der Waals surface area contributed by atoms with Gasteiger partial charge in [0.05, 0.1) is 12.1 Å². The Morgan fingerprint density at radius 2 is 2.24 bits per heavy atom. The summed E-state index contributed by atoms with van der Waals surface area (Å²) in [6.45, 7) is 9.30. The molecule has 0 spiro atoms. The van der Waals surface area contributed by atoms with Crippen molar-refractivity contribution < 1.29 is 9.53 Å². The van der Waals surface area contributed by atoms with Crippen molar-refractivity contribution in [3.8, 4) is 0 Å². The van der Waals surface area contributed by atoms with Crippen LogP contribution in [0.5, 0.6) is 0 Å². The Kier molecular flexibility index (Phi) is 5.39. The lowest BCUT2D eigenvalue weighted by molar-refractivity contribution is -0.0186. The van der Waals surface area contributed by atoms with E-state index in [1.165, 1.54) is 0 Å². The smallest absolute Gasteiger partial charge is 0.272 e. The van der Waals surface area contributed by atoms with Crippen LogP contribution in [-0.2, 0) is 4.74 Å². The van der Waals surface area contributed by atoms with Crippen LogP contribution in [0.25, 0.3) is 0 Å². The van der Waals surface area contributed by atoms with Gasteiger partial charge in [0.15, 0.2) is 0 Å². The molecule has 1 aromatic heterocycles. The van der Waals surface area contributed by atoms with E-state index < -0.39 is 0 Å². The molecule has 2 atom stereocenters. The molecule has 0 unspecified atom stereocenters. The summed E-state index contributed by atoms with van der Waals surface area (Å²) in [5, 5.41) is 10.1. The molecule has 118 valence electrons. The number of aromatic nitrogens is 2. The summed E-state index contributed by atoms with van der Waals surface area (Å²) in [6.07, 6.45) is 3.07. The molecule has 2 heterocycles. The minimum atomic E-state index is -0.109. The van der Waals surface area contributed by atoms with Crippen molar-refractivity contribution in [1.29, 1.82) is 0 Å². The van der Waals surface area contributed by atoms with Crippen molar-refractivity contribution in [3.05, 3.63) is 17.5 Å². The first-order chi connectivity index (χ1) is 9.97. The maximum atomic E-state index is 12.3. The molecule has 0 radical (unpaired) electrons. The summed E-state index contributed by atoms with van der Waals surface area (Å²) in [5.74, 6) is 0.790. The molecule has 0 aromatic carbocycles. The van der Waals surface area contributed by atoms with E-state index in [0.717, 1.165) is 31.6 Å². The third-order valence-electron chi connectivity index (χ3n) is 3.91. The second kappa shape index (κ2) is 7.07. The Hall–Kier alpha value is -1.36. The lowest BCUT2D eigenvalue weighted by Gasteiger charge is -2.33. The highest BCUT2D eigenvalue weighted by molar-refractivity contribution is 5.92. The fourth-order valence-electron chi connectivity index (χ4n) is 2.69. The Morgan fingerprint density at radius 1 is 1.48 bits per heavy atom. The predicted octanol–water partition coefficient (Wildman–Crippen LogP) is 2.86. The van der Waals surface area contributed by atoms with E-state index in [1.807, 2.05) is 6.07 Å². The van der Waals surface area contributed by atoms with Crippen LogP contribution < -0.4 is 5.32 Å². The third-order valence-corrected chi connectivity index (χ3v) is 3.91. The molecule has 21 heavy (non-hydrogen) atoms. The predicted molar refractivity (Wildman–Crippen MR) is 82.4 cm³/mol. The minimum Gasteiger partial charge on any atom is -0.376 e. The van der Waals surface area contributed by atoms with E-state index in [0.29, 0.717) is 17.5 Å². The summed E-state index contributed by atoms with van der Waals surface area (Å²) in [4.78, 5) is 12.3. The van der Waals surface area contributed by atoms with Gasteiger partial charge in [-0.2, -0.15) is 5.10 Å². The number of ether oxygens (including phenoxy) is 1. The number of nitrogens with one attached hydrogen (secondary N) is 2. The van der Waals surface area contributed by atoms with Gasteiger partial charge >= 0.3 is 0 Å². The van der Waals surface area contributed by atoms with Crippen LogP contribution in [0.3, 0.4) is 0 Å². The second-order valence-corrected chi connectivity index (χ2v) is 6.62. The van der Waals surface area contributed by atoms with Gasteiger partial charge in [0.25, 0.3) is 5.91 Å². The summed E-state index contributed by atoms with van der Waals surface area (Å²) >= 11 is 0. The number of hydrogen-bond donors (Lipinski definition) is 2. The van der Waals surface area contributed by atoms with E-state index in [9.17, 15) is 4.79 Å². The fraction of sp³-hybridized carbons (Fsp3) is 0.750. The lowest BCUT2D eigenvalue weighted by Crippen LogP contribution is -2.47. The van der Waals surface area contributed by atoms with Gasteiger partial charge in [0.1, 0.15) is 5.69 Å². The van der Waals surface area contributed by atoms with Gasteiger partial charge in [-0.05, 0) is 37.2 Å². The molecule has 0 saturated carbocycles. The highest BCUT2D eigenvalue weighted by Crippen LogP contribution is 2.21. The summed E-state index contributed by atoms with van der Waals surface area (Å²) < 4.78 is 5.84. The van der Waals surface area contributed by atoms with E-state index in [1.54, 1.807) is 0 Å². The fourth-order valence-corrected chi connectivity index (χ4v) is 2.69. The van der Waals surface area contributed by atoms with Crippen LogP contribution in [0.15, 0.2) is 6.07 Å². The normalized spacial score (nSPS) is 22.8. The molecule has 2 N–H and O–H groups in total. The SMILES string of the molecule is CC(C)C[C@H]1OCCC[C@@H]1NC(=O)c1cc(C(C)C)[nH]n1. The molecule has 0 aliphatic carbocycles.